The molecule has 28 heavy (non-hydrogen) atoms. The fraction of sp³-hybridized carbons (Fsp3) is 0.100. The maximum absolute atomic E-state index is 13.4. The molecule has 0 saturated heterocycles. The van der Waals surface area contributed by atoms with Gasteiger partial charge in [-0.2, -0.15) is 5.26 Å². The van der Waals surface area contributed by atoms with Crippen molar-refractivity contribution in [3.63, 3.8) is 0 Å². The molecule has 0 radical (unpaired) electrons. The molecule has 1 heterocycles. The Morgan fingerprint density at radius 2 is 1.82 bits per heavy atom. The Bertz CT molecular complexity index is 1240. The average molecular weight is 458 g/mol. The Balaban J connectivity index is 2.35. The second-order valence-corrected chi connectivity index (χ2v) is 8.96. The summed E-state index contributed by atoms with van der Waals surface area (Å²) in [6, 6.07) is 16.3. The highest BCUT2D eigenvalue weighted by Crippen LogP contribution is 2.29. The minimum absolute atomic E-state index is 0.0524. The molecule has 0 bridgehead atoms. The first kappa shape index (κ1) is 19.9. The largest absolute Gasteiger partial charge is 0.382 e. The van der Waals surface area contributed by atoms with Crippen LogP contribution in [0.5, 0.6) is 0 Å². The van der Waals surface area contributed by atoms with E-state index in [-0.39, 0.29) is 16.2 Å². The van der Waals surface area contributed by atoms with E-state index in [1.54, 1.807) is 55.4 Å². The standard InChI is InChI=1S/C20H16BrN3O3S/c1-23(2)13-15(12-22)20(25)19-10-14-8-9-16(21)11-18(14)24(19)28(26,27)17-6-4-3-5-7-17/h3-11,13H,1-2H3/b15-13+. The van der Waals surface area contributed by atoms with Crippen molar-refractivity contribution in [2.45, 2.75) is 4.90 Å². The van der Waals surface area contributed by atoms with Crippen LogP contribution in [0.2, 0.25) is 0 Å². The summed E-state index contributed by atoms with van der Waals surface area (Å²) >= 11 is 3.35. The van der Waals surface area contributed by atoms with Crippen molar-refractivity contribution in [1.82, 2.24) is 8.87 Å². The van der Waals surface area contributed by atoms with Crippen molar-refractivity contribution in [3.05, 3.63) is 76.5 Å². The Labute approximate surface area is 171 Å². The molecule has 0 atom stereocenters. The van der Waals surface area contributed by atoms with Crippen LogP contribution in [0.3, 0.4) is 0 Å². The molecule has 6 nitrogen and oxygen atoms in total. The number of Topliss-reactive ketones (excluding diaryl/α,β-unsaturated/α-hetero) is 1. The zero-order chi connectivity index (χ0) is 20.5. The van der Waals surface area contributed by atoms with Gasteiger partial charge in [0.15, 0.2) is 0 Å². The number of fused-ring (bicyclic) bond motifs is 1. The summed E-state index contributed by atoms with van der Waals surface area (Å²) in [6.07, 6.45) is 1.37. The average Bonchev–Trinajstić information content (AvgIpc) is 3.05. The van der Waals surface area contributed by atoms with Gasteiger partial charge in [-0.15, -0.1) is 0 Å². The van der Waals surface area contributed by atoms with Crippen LogP contribution in [0.4, 0.5) is 0 Å². The van der Waals surface area contributed by atoms with Gasteiger partial charge in [0.1, 0.15) is 17.3 Å². The predicted octanol–water partition coefficient (Wildman–Crippen LogP) is 3.79. The Morgan fingerprint density at radius 3 is 2.43 bits per heavy atom. The van der Waals surface area contributed by atoms with Crippen LogP contribution in [0.25, 0.3) is 10.9 Å². The first-order valence-electron chi connectivity index (χ1n) is 8.20. The number of carbonyl (C=O) groups excluding carboxylic acids is 1. The molecular weight excluding hydrogens is 442 g/mol. The third-order valence-corrected chi connectivity index (χ3v) is 6.22. The van der Waals surface area contributed by atoms with Crippen LogP contribution in [-0.4, -0.2) is 37.2 Å². The molecule has 1 aromatic heterocycles. The summed E-state index contributed by atoms with van der Waals surface area (Å²) in [5.74, 6) is -0.664. The van der Waals surface area contributed by atoms with Gasteiger partial charge in [-0.25, -0.2) is 12.4 Å². The Hall–Kier alpha value is -2.89. The number of halogens is 1. The number of rotatable bonds is 5. The van der Waals surface area contributed by atoms with Gasteiger partial charge in [-0.3, -0.25) is 4.79 Å². The minimum Gasteiger partial charge on any atom is -0.382 e. The van der Waals surface area contributed by atoms with Crippen molar-refractivity contribution in [3.8, 4) is 6.07 Å². The molecule has 2 aromatic carbocycles. The van der Waals surface area contributed by atoms with Crippen LogP contribution < -0.4 is 0 Å². The van der Waals surface area contributed by atoms with Gasteiger partial charge in [0.05, 0.1) is 10.4 Å². The third kappa shape index (κ3) is 3.59. The van der Waals surface area contributed by atoms with Gasteiger partial charge in [-0.1, -0.05) is 40.2 Å². The summed E-state index contributed by atoms with van der Waals surface area (Å²) < 4.78 is 28.4. The predicted molar refractivity (Wildman–Crippen MR) is 110 cm³/mol. The number of aromatic nitrogens is 1. The highest BCUT2D eigenvalue weighted by molar-refractivity contribution is 9.10. The van der Waals surface area contributed by atoms with E-state index in [0.717, 1.165) is 3.97 Å². The third-order valence-electron chi connectivity index (χ3n) is 3.99. The van der Waals surface area contributed by atoms with Gasteiger partial charge in [0.2, 0.25) is 5.78 Å². The molecule has 0 unspecified atom stereocenters. The molecule has 0 fully saturated rings. The van der Waals surface area contributed by atoms with E-state index in [1.807, 2.05) is 6.07 Å². The first-order valence-corrected chi connectivity index (χ1v) is 10.4. The number of hydrogen-bond donors (Lipinski definition) is 0. The number of carbonyl (C=O) groups is 1. The second kappa shape index (κ2) is 7.62. The maximum atomic E-state index is 13.4. The zero-order valence-corrected chi connectivity index (χ0v) is 17.5. The van der Waals surface area contributed by atoms with Crippen molar-refractivity contribution >= 4 is 42.6 Å². The van der Waals surface area contributed by atoms with E-state index < -0.39 is 15.8 Å². The monoisotopic (exact) mass is 457 g/mol. The zero-order valence-electron chi connectivity index (χ0n) is 15.1. The Kier molecular flexibility index (Phi) is 5.40. The lowest BCUT2D eigenvalue weighted by atomic mass is 10.1. The van der Waals surface area contributed by atoms with Crippen LogP contribution in [0.1, 0.15) is 10.5 Å². The van der Waals surface area contributed by atoms with E-state index in [0.29, 0.717) is 15.4 Å². The number of nitriles is 1. The molecule has 0 saturated carbocycles. The quantitative estimate of drug-likeness (QED) is 0.330. The van der Waals surface area contributed by atoms with Crippen molar-refractivity contribution in [2.75, 3.05) is 14.1 Å². The van der Waals surface area contributed by atoms with E-state index in [9.17, 15) is 18.5 Å². The van der Waals surface area contributed by atoms with E-state index in [2.05, 4.69) is 15.9 Å². The normalized spacial score (nSPS) is 12.0. The highest BCUT2D eigenvalue weighted by atomic mass is 79.9. The van der Waals surface area contributed by atoms with Crippen molar-refractivity contribution in [1.29, 1.82) is 5.26 Å². The summed E-state index contributed by atoms with van der Waals surface area (Å²) in [7, 11) is -0.703. The van der Waals surface area contributed by atoms with Crippen LogP contribution in [0.15, 0.2) is 75.7 Å². The van der Waals surface area contributed by atoms with Crippen molar-refractivity contribution in [2.24, 2.45) is 0 Å². The topological polar surface area (TPSA) is 83.2 Å². The lowest BCUT2D eigenvalue weighted by Gasteiger charge is -2.12. The number of hydrogen-bond acceptors (Lipinski definition) is 5. The summed E-state index contributed by atoms with van der Waals surface area (Å²) in [4.78, 5) is 14.7. The van der Waals surface area contributed by atoms with Crippen LogP contribution in [0, 0.1) is 11.3 Å². The number of allylic oxidation sites excluding steroid dienone is 1. The summed E-state index contributed by atoms with van der Waals surface area (Å²) in [6.45, 7) is 0. The van der Waals surface area contributed by atoms with E-state index in [1.165, 1.54) is 24.4 Å². The highest BCUT2D eigenvalue weighted by Gasteiger charge is 2.28. The van der Waals surface area contributed by atoms with Gasteiger partial charge in [0.25, 0.3) is 10.0 Å². The van der Waals surface area contributed by atoms with Crippen molar-refractivity contribution < 1.29 is 13.2 Å². The molecular formula is C20H16BrN3O3S. The number of benzene rings is 2. The lowest BCUT2D eigenvalue weighted by molar-refractivity contribution is 0.103. The molecule has 0 spiro atoms. The van der Waals surface area contributed by atoms with Crippen LogP contribution in [-0.2, 0) is 10.0 Å². The molecule has 0 aliphatic heterocycles. The van der Waals surface area contributed by atoms with Crippen LogP contribution >= 0.6 is 15.9 Å². The van der Waals surface area contributed by atoms with Gasteiger partial charge in [-0.05, 0) is 30.3 Å². The van der Waals surface area contributed by atoms with Gasteiger partial charge < -0.3 is 4.90 Å². The molecule has 3 aromatic rings. The molecule has 0 N–H and O–H groups in total. The Morgan fingerprint density at radius 1 is 1.14 bits per heavy atom. The fourth-order valence-electron chi connectivity index (χ4n) is 2.80. The molecule has 0 aliphatic carbocycles. The lowest BCUT2D eigenvalue weighted by Crippen LogP contribution is -2.20. The van der Waals surface area contributed by atoms with E-state index >= 15 is 0 Å². The molecule has 142 valence electrons. The number of ketones is 1. The molecule has 0 aliphatic rings. The SMILES string of the molecule is CN(C)/C=C(\C#N)C(=O)c1cc2ccc(Br)cc2n1S(=O)(=O)c1ccccc1. The fourth-order valence-corrected chi connectivity index (χ4v) is 4.67. The van der Waals surface area contributed by atoms with Gasteiger partial charge >= 0.3 is 0 Å². The smallest absolute Gasteiger partial charge is 0.268 e. The second-order valence-electron chi connectivity index (χ2n) is 6.26. The summed E-state index contributed by atoms with van der Waals surface area (Å²) in [5, 5.41) is 9.98. The van der Waals surface area contributed by atoms with E-state index in [4.69, 9.17) is 0 Å². The maximum Gasteiger partial charge on any atom is 0.268 e. The first-order chi connectivity index (χ1) is 13.3. The number of nitrogens with zero attached hydrogens (tertiary/aromatic N) is 3. The molecule has 8 heteroatoms. The summed E-state index contributed by atoms with van der Waals surface area (Å²) in [5.41, 5.74) is 0.103. The molecule has 3 rings (SSSR count). The molecule has 0 amide bonds. The minimum atomic E-state index is -4.06. The van der Waals surface area contributed by atoms with Gasteiger partial charge in [0, 0.05) is 30.2 Å².